The summed E-state index contributed by atoms with van der Waals surface area (Å²) < 4.78 is 7.03. The van der Waals surface area contributed by atoms with Crippen LogP contribution in [0.25, 0.3) is 11.0 Å². The normalized spacial score (nSPS) is 16.2. The average molecular weight is 554 g/mol. The van der Waals surface area contributed by atoms with Crippen LogP contribution in [0.5, 0.6) is 0 Å². The highest BCUT2D eigenvalue weighted by Crippen LogP contribution is 2.21. The van der Waals surface area contributed by atoms with E-state index in [0.717, 1.165) is 22.6 Å². The molecule has 1 aliphatic rings. The fourth-order valence-corrected chi connectivity index (χ4v) is 4.44. The van der Waals surface area contributed by atoms with Crippen LogP contribution < -0.4 is 16.0 Å². The van der Waals surface area contributed by atoms with Gasteiger partial charge in [0.15, 0.2) is 0 Å². The molecule has 0 bridgehead atoms. The molecule has 10 nitrogen and oxygen atoms in total. The molecule has 2 heterocycles. The number of nitrogens with one attached hydrogen (secondary N) is 2. The summed E-state index contributed by atoms with van der Waals surface area (Å²) in [7, 11) is 1.93. The molecule has 0 atom stereocenters. The van der Waals surface area contributed by atoms with Crippen molar-refractivity contribution in [3.8, 4) is 0 Å². The van der Waals surface area contributed by atoms with Crippen molar-refractivity contribution < 1.29 is 14.3 Å². The lowest BCUT2D eigenvalue weighted by atomic mass is 10.0. The summed E-state index contributed by atoms with van der Waals surface area (Å²) in [5.74, 6) is 0.619. The molecule has 10 heteroatoms. The zero-order valence-electron chi connectivity index (χ0n) is 23.6. The second-order valence-electron chi connectivity index (χ2n) is 9.42. The number of hydrogen-bond donors (Lipinski definition) is 3. The maximum atomic E-state index is 13.6. The lowest BCUT2D eigenvalue weighted by molar-refractivity contribution is -0.142. The second-order valence-corrected chi connectivity index (χ2v) is 9.42. The number of benzene rings is 1. The van der Waals surface area contributed by atoms with Crippen LogP contribution in [0.3, 0.4) is 0 Å². The molecule has 4 N–H and O–H groups in total. The van der Waals surface area contributed by atoms with Gasteiger partial charge < -0.3 is 20.4 Å². The van der Waals surface area contributed by atoms with Gasteiger partial charge in [-0.25, -0.2) is 9.97 Å². The summed E-state index contributed by atoms with van der Waals surface area (Å²) >= 11 is 0. The summed E-state index contributed by atoms with van der Waals surface area (Å²) in [6.07, 6.45) is 12.1. The van der Waals surface area contributed by atoms with Crippen LogP contribution in [-0.4, -0.2) is 45.4 Å². The first-order chi connectivity index (χ1) is 19.8. The number of nitrogens with zero attached hydrogens (tertiary/aromatic N) is 4. The number of amidine groups is 1. The molecule has 0 spiro atoms. The number of nitrogens with two attached hydrogens (primary N) is 1. The zero-order chi connectivity index (χ0) is 29.4. The van der Waals surface area contributed by atoms with Gasteiger partial charge >= 0.3 is 5.97 Å². The Bertz CT molecular complexity index is 1570. The van der Waals surface area contributed by atoms with Crippen molar-refractivity contribution >= 4 is 34.6 Å². The Labute approximate surface area is 239 Å². The first-order valence-electron chi connectivity index (χ1n) is 13.5. The molecule has 1 aliphatic carbocycles. The van der Waals surface area contributed by atoms with Crippen LogP contribution in [0.4, 0.5) is 5.82 Å². The topological polar surface area (TPSA) is 139 Å². The van der Waals surface area contributed by atoms with Crippen LogP contribution in [0.15, 0.2) is 89.8 Å². The number of allylic oxidation sites excluding steroid dienone is 5. The lowest BCUT2D eigenvalue weighted by Gasteiger charge is -2.21. The number of aryl methyl sites for hydroxylation is 1. The van der Waals surface area contributed by atoms with Gasteiger partial charge in [-0.15, -0.1) is 0 Å². The van der Waals surface area contributed by atoms with Gasteiger partial charge in [-0.2, -0.15) is 0 Å². The van der Waals surface area contributed by atoms with Gasteiger partial charge in [0.05, 0.1) is 30.6 Å². The number of anilines is 1. The number of imidazole rings is 1. The van der Waals surface area contributed by atoms with E-state index >= 15 is 0 Å². The highest BCUT2D eigenvalue weighted by molar-refractivity contribution is 6.07. The van der Waals surface area contributed by atoms with Crippen LogP contribution in [0, 0.1) is 5.41 Å². The maximum absolute atomic E-state index is 13.6. The minimum absolute atomic E-state index is 0.0289. The molecule has 3 aromatic rings. The summed E-state index contributed by atoms with van der Waals surface area (Å²) in [4.78, 5) is 36.2. The summed E-state index contributed by atoms with van der Waals surface area (Å²) in [5.41, 5.74) is 10.4. The largest absolute Gasteiger partial charge is 0.466 e. The Morgan fingerprint density at radius 1 is 1.24 bits per heavy atom. The minimum atomic E-state index is -0.372. The number of aromatic nitrogens is 3. The molecule has 0 saturated carbocycles. The average Bonchev–Trinajstić information content (AvgIpc) is 3.27. The van der Waals surface area contributed by atoms with Gasteiger partial charge in [0.1, 0.15) is 17.5 Å². The molecule has 212 valence electrons. The van der Waals surface area contributed by atoms with E-state index in [1.54, 1.807) is 43.5 Å². The van der Waals surface area contributed by atoms with Crippen molar-refractivity contribution in [1.82, 2.24) is 19.9 Å². The number of rotatable bonds is 10. The lowest BCUT2D eigenvalue weighted by Crippen LogP contribution is -2.34. The number of ether oxygens (including phenoxy) is 1. The fraction of sp³-hybridized carbons (Fsp3) is 0.258. The van der Waals surface area contributed by atoms with E-state index in [-0.39, 0.29) is 37.3 Å². The molecule has 0 saturated heterocycles. The maximum Gasteiger partial charge on any atom is 0.307 e. The number of amides is 1. The van der Waals surface area contributed by atoms with Crippen molar-refractivity contribution in [3.05, 3.63) is 101 Å². The van der Waals surface area contributed by atoms with E-state index in [1.165, 1.54) is 4.90 Å². The first-order valence-corrected chi connectivity index (χ1v) is 13.5. The number of fused-ring (bicyclic) bond motifs is 1. The second kappa shape index (κ2) is 13.4. The van der Waals surface area contributed by atoms with E-state index in [0.29, 0.717) is 35.4 Å². The SMILES string of the molecule is C\C=C1/C=C(NCc2nc3cc(C(=O)N(CCC(=O)OCC)c4ccccn4)ccc3n2C)/C=C\C(C(=N)N)=CC1. The minimum Gasteiger partial charge on any atom is -0.466 e. The molecule has 0 aliphatic heterocycles. The van der Waals surface area contributed by atoms with Gasteiger partial charge in [-0.3, -0.25) is 19.9 Å². The molecule has 0 radical (unpaired) electrons. The highest BCUT2D eigenvalue weighted by Gasteiger charge is 2.21. The Hall–Kier alpha value is -4.99. The zero-order valence-corrected chi connectivity index (χ0v) is 23.6. The molecule has 2 aromatic heterocycles. The molecule has 0 unspecified atom stereocenters. The Morgan fingerprint density at radius 3 is 2.78 bits per heavy atom. The molecular weight excluding hydrogens is 518 g/mol. The summed E-state index contributed by atoms with van der Waals surface area (Å²) in [5, 5.41) is 11.2. The van der Waals surface area contributed by atoms with Gasteiger partial charge in [0.2, 0.25) is 0 Å². The number of pyridine rings is 1. The third-order valence-corrected chi connectivity index (χ3v) is 6.71. The Balaban J connectivity index is 1.56. The quantitative estimate of drug-likeness (QED) is 0.193. The number of esters is 1. The van der Waals surface area contributed by atoms with Crippen LogP contribution >= 0.6 is 0 Å². The Morgan fingerprint density at radius 2 is 2.07 bits per heavy atom. The fourth-order valence-electron chi connectivity index (χ4n) is 4.44. The smallest absolute Gasteiger partial charge is 0.307 e. The van der Waals surface area contributed by atoms with E-state index in [2.05, 4.69) is 16.4 Å². The standard InChI is InChI=1S/C31H35N7O3/c1-4-21-9-10-22(30(32)33)11-13-24(18-21)35-20-28-36-25-19-23(12-14-26(25)37(28)3)31(40)38(17-15-29(39)41-5-2)27-8-6-7-16-34-27/h4,6-8,10-14,16,18-19,35H,5,9,15,17,20H2,1-3H3,(H3,32,33)/b13-11-,21-4-,22-10?,24-18-. The van der Waals surface area contributed by atoms with Crippen LogP contribution in [-0.2, 0) is 23.1 Å². The van der Waals surface area contributed by atoms with Gasteiger partial charge in [0.25, 0.3) is 5.91 Å². The molecule has 0 fully saturated rings. The molecule has 1 aromatic carbocycles. The van der Waals surface area contributed by atoms with Crippen molar-refractivity contribution in [2.45, 2.75) is 33.2 Å². The van der Waals surface area contributed by atoms with E-state index < -0.39 is 0 Å². The summed E-state index contributed by atoms with van der Waals surface area (Å²) in [6.45, 7) is 4.59. The van der Waals surface area contributed by atoms with E-state index in [9.17, 15) is 9.59 Å². The molecular formula is C31H35N7O3. The predicted molar refractivity (Wildman–Crippen MR) is 160 cm³/mol. The Kier molecular flexibility index (Phi) is 9.47. The monoisotopic (exact) mass is 553 g/mol. The van der Waals surface area contributed by atoms with Crippen LogP contribution in [0.1, 0.15) is 42.9 Å². The third-order valence-electron chi connectivity index (χ3n) is 6.71. The van der Waals surface area contributed by atoms with Gasteiger partial charge in [-0.05, 0) is 74.4 Å². The van der Waals surface area contributed by atoms with E-state index in [4.69, 9.17) is 20.9 Å². The first kappa shape index (κ1) is 29.0. The third kappa shape index (κ3) is 7.16. The van der Waals surface area contributed by atoms with Gasteiger partial charge in [-0.1, -0.05) is 18.2 Å². The molecule has 4 rings (SSSR count). The number of carbonyl (C=O) groups is 2. The predicted octanol–water partition coefficient (Wildman–Crippen LogP) is 4.31. The highest BCUT2D eigenvalue weighted by atomic mass is 16.5. The molecule has 41 heavy (non-hydrogen) atoms. The van der Waals surface area contributed by atoms with Crippen molar-refractivity contribution in [2.75, 3.05) is 18.1 Å². The summed E-state index contributed by atoms with van der Waals surface area (Å²) in [6, 6.07) is 10.7. The number of hydrogen-bond acceptors (Lipinski definition) is 7. The van der Waals surface area contributed by atoms with Gasteiger partial charge in [0, 0.05) is 36.6 Å². The van der Waals surface area contributed by atoms with E-state index in [1.807, 2.05) is 48.9 Å². The van der Waals surface area contributed by atoms with Crippen LogP contribution in [0.2, 0.25) is 0 Å². The molecule has 1 amide bonds. The number of carbonyl (C=O) groups excluding carboxylic acids is 2. The van der Waals surface area contributed by atoms with Crippen molar-refractivity contribution in [1.29, 1.82) is 5.41 Å². The van der Waals surface area contributed by atoms with Crippen molar-refractivity contribution in [3.63, 3.8) is 0 Å². The van der Waals surface area contributed by atoms with Crippen molar-refractivity contribution in [2.24, 2.45) is 12.8 Å².